The first-order valence-corrected chi connectivity index (χ1v) is 6.87. The number of carbonyl (C=O) groups is 1. The van der Waals surface area contributed by atoms with Crippen LogP contribution in [0.1, 0.15) is 27.2 Å². The van der Waals surface area contributed by atoms with Crippen LogP contribution in [0.15, 0.2) is 34.4 Å². The summed E-state index contributed by atoms with van der Waals surface area (Å²) in [6, 6.07) is 2.20. The van der Waals surface area contributed by atoms with Crippen molar-refractivity contribution in [1.82, 2.24) is 10.2 Å². The molecule has 1 amide bonds. The lowest BCUT2D eigenvalue weighted by Crippen LogP contribution is -2.35. The maximum absolute atomic E-state index is 12.0. The van der Waals surface area contributed by atoms with Gasteiger partial charge in [0.15, 0.2) is 0 Å². The van der Waals surface area contributed by atoms with Crippen molar-refractivity contribution in [2.24, 2.45) is 0 Å². The highest BCUT2D eigenvalue weighted by molar-refractivity contribution is 5.88. The van der Waals surface area contributed by atoms with Gasteiger partial charge in [0.1, 0.15) is 0 Å². The normalized spacial score (nSPS) is 17.2. The number of hydrogen-bond acceptors (Lipinski definition) is 3. The highest BCUT2D eigenvalue weighted by Crippen LogP contribution is 2.26. The molecular weight excluding hydrogens is 250 g/mol. The van der Waals surface area contributed by atoms with E-state index in [4.69, 9.17) is 5.26 Å². The van der Waals surface area contributed by atoms with Crippen LogP contribution in [-0.2, 0) is 4.79 Å². The number of carbonyl (C=O) groups excluding carboxylic acids is 1. The highest BCUT2D eigenvalue weighted by atomic mass is 16.2. The summed E-state index contributed by atoms with van der Waals surface area (Å²) in [6.07, 6.45) is 4.28. The van der Waals surface area contributed by atoms with E-state index < -0.39 is 0 Å². The molecule has 1 aliphatic heterocycles. The molecule has 0 unspecified atom stereocenters. The van der Waals surface area contributed by atoms with Crippen LogP contribution in [0.25, 0.3) is 0 Å². The van der Waals surface area contributed by atoms with Crippen LogP contribution in [0.3, 0.4) is 0 Å². The first-order valence-electron chi connectivity index (χ1n) is 6.87. The minimum Gasteiger partial charge on any atom is -0.335 e. The summed E-state index contributed by atoms with van der Waals surface area (Å²) >= 11 is 0. The molecule has 1 aliphatic rings. The summed E-state index contributed by atoms with van der Waals surface area (Å²) in [7, 11) is 1.85. The zero-order chi connectivity index (χ0) is 15.1. The maximum atomic E-state index is 12.0. The standard InChI is InChI=1S/C16H23N3O/c1-12(10-17)14(3)15-7-9-19(11-13(15)2)16(20)6-5-8-18-4/h5-6,18H,7-9,11H2,1-4H3/b6-5+,14-12+. The topological polar surface area (TPSA) is 56.1 Å². The number of nitriles is 1. The van der Waals surface area contributed by atoms with Crippen molar-refractivity contribution in [3.8, 4) is 6.07 Å². The predicted molar refractivity (Wildman–Crippen MR) is 81.0 cm³/mol. The van der Waals surface area contributed by atoms with Crippen molar-refractivity contribution in [1.29, 1.82) is 5.26 Å². The van der Waals surface area contributed by atoms with Gasteiger partial charge in [-0.25, -0.2) is 0 Å². The van der Waals surface area contributed by atoms with Crippen LogP contribution in [0.2, 0.25) is 0 Å². The largest absolute Gasteiger partial charge is 0.335 e. The summed E-state index contributed by atoms with van der Waals surface area (Å²) in [5.41, 5.74) is 4.22. The Morgan fingerprint density at radius 2 is 2.20 bits per heavy atom. The van der Waals surface area contributed by atoms with Crippen LogP contribution >= 0.6 is 0 Å². The molecule has 4 nitrogen and oxygen atoms in total. The average molecular weight is 273 g/mol. The summed E-state index contributed by atoms with van der Waals surface area (Å²) in [5.74, 6) is 0.0530. The Balaban J connectivity index is 2.80. The Labute approximate surface area is 121 Å². The molecule has 0 atom stereocenters. The monoisotopic (exact) mass is 273 g/mol. The number of likely N-dealkylation sites (N-methyl/N-ethyl adjacent to an activating group) is 1. The zero-order valence-electron chi connectivity index (χ0n) is 12.8. The molecule has 20 heavy (non-hydrogen) atoms. The third kappa shape index (κ3) is 4.07. The maximum Gasteiger partial charge on any atom is 0.246 e. The van der Waals surface area contributed by atoms with E-state index in [0.29, 0.717) is 19.6 Å². The van der Waals surface area contributed by atoms with Crippen LogP contribution in [0, 0.1) is 11.3 Å². The second-order valence-corrected chi connectivity index (χ2v) is 5.09. The van der Waals surface area contributed by atoms with Gasteiger partial charge in [-0.3, -0.25) is 4.79 Å². The van der Waals surface area contributed by atoms with E-state index in [-0.39, 0.29) is 5.91 Å². The third-order valence-corrected chi connectivity index (χ3v) is 3.65. The van der Waals surface area contributed by atoms with E-state index in [1.165, 1.54) is 11.1 Å². The Hall–Kier alpha value is -1.86. The van der Waals surface area contributed by atoms with Gasteiger partial charge in [0.25, 0.3) is 0 Å². The molecule has 0 spiro atoms. The van der Waals surface area contributed by atoms with Crippen molar-refractivity contribution in [3.63, 3.8) is 0 Å². The number of nitrogens with zero attached hydrogens (tertiary/aromatic N) is 2. The molecule has 0 aromatic heterocycles. The lowest BCUT2D eigenvalue weighted by atomic mass is 9.92. The summed E-state index contributed by atoms with van der Waals surface area (Å²) in [5, 5.41) is 11.9. The third-order valence-electron chi connectivity index (χ3n) is 3.65. The SMILES string of the molecule is CNC/C=C/C(=O)N1CCC(/C(C)=C(\C)C#N)=C(C)C1. The molecule has 0 saturated heterocycles. The minimum atomic E-state index is 0.0530. The van der Waals surface area contributed by atoms with E-state index in [1.807, 2.05) is 38.8 Å². The molecule has 1 heterocycles. The molecule has 0 radical (unpaired) electrons. The first kappa shape index (κ1) is 16.2. The van der Waals surface area contributed by atoms with E-state index in [9.17, 15) is 4.79 Å². The van der Waals surface area contributed by atoms with Crippen molar-refractivity contribution >= 4 is 5.91 Å². The van der Waals surface area contributed by atoms with Gasteiger partial charge in [0.05, 0.1) is 6.07 Å². The average Bonchev–Trinajstić information content (AvgIpc) is 2.45. The predicted octanol–water partition coefficient (Wildman–Crippen LogP) is 2.17. The van der Waals surface area contributed by atoms with Gasteiger partial charge in [-0.05, 0) is 45.4 Å². The number of allylic oxidation sites excluding steroid dienone is 2. The summed E-state index contributed by atoms with van der Waals surface area (Å²) in [4.78, 5) is 13.9. The molecular formula is C16H23N3O. The number of amides is 1. The smallest absolute Gasteiger partial charge is 0.246 e. The Bertz CT molecular complexity index is 506. The highest BCUT2D eigenvalue weighted by Gasteiger charge is 2.20. The number of nitrogens with one attached hydrogen (secondary N) is 1. The van der Waals surface area contributed by atoms with Crippen LogP contribution in [0.5, 0.6) is 0 Å². The summed E-state index contributed by atoms with van der Waals surface area (Å²) < 4.78 is 0. The molecule has 0 fully saturated rings. The molecule has 4 heteroatoms. The number of rotatable bonds is 4. The van der Waals surface area contributed by atoms with Gasteiger partial charge in [0.2, 0.25) is 5.91 Å². The van der Waals surface area contributed by atoms with Crippen molar-refractivity contribution in [2.75, 3.05) is 26.7 Å². The van der Waals surface area contributed by atoms with Gasteiger partial charge >= 0.3 is 0 Å². The van der Waals surface area contributed by atoms with E-state index in [1.54, 1.807) is 6.08 Å². The zero-order valence-corrected chi connectivity index (χ0v) is 12.8. The fraction of sp³-hybridized carbons (Fsp3) is 0.500. The second kappa shape index (κ2) is 7.66. The molecule has 0 aromatic rings. The van der Waals surface area contributed by atoms with Gasteiger partial charge in [0, 0.05) is 31.3 Å². The molecule has 0 aromatic carbocycles. The lowest BCUT2D eigenvalue weighted by Gasteiger charge is -2.29. The van der Waals surface area contributed by atoms with Gasteiger partial charge in [-0.15, -0.1) is 0 Å². The van der Waals surface area contributed by atoms with Gasteiger partial charge in [-0.1, -0.05) is 11.6 Å². The Morgan fingerprint density at radius 1 is 1.50 bits per heavy atom. The first-order chi connectivity index (χ1) is 9.51. The van der Waals surface area contributed by atoms with E-state index in [0.717, 1.165) is 17.6 Å². The lowest BCUT2D eigenvalue weighted by molar-refractivity contribution is -0.125. The molecule has 0 saturated carbocycles. The van der Waals surface area contributed by atoms with E-state index in [2.05, 4.69) is 11.4 Å². The molecule has 0 aliphatic carbocycles. The Morgan fingerprint density at radius 3 is 2.75 bits per heavy atom. The molecule has 1 rings (SSSR count). The Kier molecular flexibility index (Phi) is 6.20. The summed E-state index contributed by atoms with van der Waals surface area (Å²) in [6.45, 7) is 7.93. The fourth-order valence-electron chi connectivity index (χ4n) is 2.31. The van der Waals surface area contributed by atoms with Crippen LogP contribution < -0.4 is 5.32 Å². The van der Waals surface area contributed by atoms with Gasteiger partial charge in [-0.2, -0.15) is 5.26 Å². The van der Waals surface area contributed by atoms with Crippen molar-refractivity contribution < 1.29 is 4.79 Å². The quantitative estimate of drug-likeness (QED) is 0.631. The van der Waals surface area contributed by atoms with E-state index >= 15 is 0 Å². The molecule has 1 N–H and O–H groups in total. The van der Waals surface area contributed by atoms with Crippen LogP contribution in [0.4, 0.5) is 0 Å². The fourth-order valence-corrected chi connectivity index (χ4v) is 2.31. The molecule has 108 valence electrons. The minimum absolute atomic E-state index is 0.0530. The van der Waals surface area contributed by atoms with Crippen LogP contribution in [-0.4, -0.2) is 37.5 Å². The van der Waals surface area contributed by atoms with Gasteiger partial charge < -0.3 is 10.2 Å². The van der Waals surface area contributed by atoms with Crippen molar-refractivity contribution in [2.45, 2.75) is 27.2 Å². The van der Waals surface area contributed by atoms with Crippen molar-refractivity contribution in [3.05, 3.63) is 34.4 Å². The number of hydrogen-bond donors (Lipinski definition) is 1. The molecule has 0 bridgehead atoms. The second-order valence-electron chi connectivity index (χ2n) is 5.09.